The number of carbonyl (C=O) groups excluding carboxylic acids is 1. The molecule has 1 amide bonds. The number of benzene rings is 1. The molecule has 120 valence electrons. The molecule has 0 aliphatic rings. The first kappa shape index (κ1) is 18.0. The van der Waals surface area contributed by atoms with Crippen molar-refractivity contribution in [3.63, 3.8) is 0 Å². The summed E-state index contributed by atoms with van der Waals surface area (Å²) >= 11 is 5.78. The summed E-state index contributed by atoms with van der Waals surface area (Å²) in [5.74, 6) is -1.03. The molecular weight excluding hydrogens is 306 g/mol. The first-order chi connectivity index (χ1) is 10.2. The minimum atomic E-state index is -1.03. The van der Waals surface area contributed by atoms with Crippen LogP contribution in [0.4, 0.5) is 4.79 Å². The number of aromatic carboxylic acids is 1. The van der Waals surface area contributed by atoms with Crippen LogP contribution in [-0.2, 0) is 4.74 Å². The summed E-state index contributed by atoms with van der Waals surface area (Å²) in [5, 5.41) is 12.1. The van der Waals surface area contributed by atoms with Gasteiger partial charge in [0.2, 0.25) is 0 Å². The second kappa shape index (κ2) is 7.84. The molecule has 0 fully saturated rings. The molecule has 0 saturated carbocycles. The van der Waals surface area contributed by atoms with E-state index in [1.54, 1.807) is 45.1 Å². The van der Waals surface area contributed by atoms with E-state index in [1.807, 2.05) is 0 Å². The highest BCUT2D eigenvalue weighted by molar-refractivity contribution is 6.31. The van der Waals surface area contributed by atoms with Crippen molar-refractivity contribution in [1.29, 1.82) is 0 Å². The van der Waals surface area contributed by atoms with E-state index >= 15 is 0 Å². The van der Waals surface area contributed by atoms with Gasteiger partial charge in [-0.15, -0.1) is 0 Å². The Bertz CT molecular complexity index is 576. The predicted molar refractivity (Wildman–Crippen MR) is 86.3 cm³/mol. The van der Waals surface area contributed by atoms with Gasteiger partial charge >= 0.3 is 12.1 Å². The number of rotatable bonds is 5. The van der Waals surface area contributed by atoms with Crippen molar-refractivity contribution in [3.8, 4) is 0 Å². The van der Waals surface area contributed by atoms with E-state index in [0.717, 1.165) is 0 Å². The maximum atomic E-state index is 11.4. The summed E-state index contributed by atoms with van der Waals surface area (Å²) in [5.41, 5.74) is 0.178. The lowest BCUT2D eigenvalue weighted by molar-refractivity contribution is 0.0528. The highest BCUT2D eigenvalue weighted by atomic mass is 35.5. The zero-order valence-corrected chi connectivity index (χ0v) is 13.6. The Labute approximate surface area is 134 Å². The van der Waals surface area contributed by atoms with Crippen molar-refractivity contribution in [2.24, 2.45) is 0 Å². The maximum Gasteiger partial charge on any atom is 0.407 e. The second-order valence-corrected chi connectivity index (χ2v) is 6.09. The molecule has 6 heteroatoms. The average Bonchev–Trinajstić information content (AvgIpc) is 2.37. The van der Waals surface area contributed by atoms with Crippen LogP contribution in [0, 0.1) is 0 Å². The third kappa shape index (κ3) is 6.63. The van der Waals surface area contributed by atoms with E-state index in [1.165, 1.54) is 6.07 Å². The zero-order chi connectivity index (χ0) is 16.8. The van der Waals surface area contributed by atoms with Crippen molar-refractivity contribution in [3.05, 3.63) is 40.4 Å². The van der Waals surface area contributed by atoms with E-state index < -0.39 is 17.7 Å². The van der Waals surface area contributed by atoms with Gasteiger partial charge in [0.25, 0.3) is 0 Å². The van der Waals surface area contributed by atoms with Gasteiger partial charge in [-0.1, -0.05) is 29.8 Å². The molecule has 0 aliphatic carbocycles. The van der Waals surface area contributed by atoms with Gasteiger partial charge in [0.1, 0.15) is 5.60 Å². The minimum Gasteiger partial charge on any atom is -0.478 e. The van der Waals surface area contributed by atoms with E-state index in [4.69, 9.17) is 21.4 Å². The Morgan fingerprint density at radius 1 is 1.36 bits per heavy atom. The number of alkyl carbamates (subject to hydrolysis) is 1. The number of carbonyl (C=O) groups is 2. The average molecular weight is 326 g/mol. The number of carboxylic acids is 1. The fraction of sp³-hybridized carbons (Fsp3) is 0.375. The Morgan fingerprint density at radius 3 is 2.64 bits per heavy atom. The Balaban J connectivity index is 2.50. The summed E-state index contributed by atoms with van der Waals surface area (Å²) in [6, 6.07) is 4.68. The fourth-order valence-electron chi connectivity index (χ4n) is 1.64. The number of ether oxygens (including phenoxy) is 1. The summed E-state index contributed by atoms with van der Waals surface area (Å²) in [6.07, 6.45) is 3.56. The molecule has 1 rings (SSSR count). The third-order valence-electron chi connectivity index (χ3n) is 2.52. The van der Waals surface area contributed by atoms with Gasteiger partial charge in [-0.05, 0) is 44.9 Å². The second-order valence-electron chi connectivity index (χ2n) is 5.66. The minimum absolute atomic E-state index is 0.142. The van der Waals surface area contributed by atoms with E-state index in [-0.39, 0.29) is 5.56 Å². The number of hydrogen-bond donors (Lipinski definition) is 2. The summed E-state index contributed by atoms with van der Waals surface area (Å²) in [6.45, 7) is 5.78. The Hall–Kier alpha value is -2.01. The predicted octanol–water partition coefficient (Wildman–Crippen LogP) is 3.97. The van der Waals surface area contributed by atoms with Crippen molar-refractivity contribution in [2.45, 2.75) is 32.8 Å². The Kier molecular flexibility index (Phi) is 6.43. The largest absolute Gasteiger partial charge is 0.478 e. The van der Waals surface area contributed by atoms with E-state index in [0.29, 0.717) is 23.6 Å². The lowest BCUT2D eigenvalue weighted by Crippen LogP contribution is -2.32. The van der Waals surface area contributed by atoms with Crippen LogP contribution in [0.3, 0.4) is 0 Å². The molecule has 0 spiro atoms. The van der Waals surface area contributed by atoms with Crippen molar-refractivity contribution < 1.29 is 19.4 Å². The van der Waals surface area contributed by atoms with Gasteiger partial charge in [0, 0.05) is 11.6 Å². The SMILES string of the molecule is CC(C)(C)OC(=O)NCCC=Cc1ccc(Cl)cc1C(=O)O. The molecule has 1 aromatic rings. The lowest BCUT2D eigenvalue weighted by atomic mass is 10.1. The van der Waals surface area contributed by atoms with Crippen LogP contribution in [0.15, 0.2) is 24.3 Å². The molecule has 0 radical (unpaired) electrons. The number of hydrogen-bond acceptors (Lipinski definition) is 3. The van der Waals surface area contributed by atoms with Gasteiger partial charge in [-0.25, -0.2) is 9.59 Å². The Morgan fingerprint density at radius 2 is 2.05 bits per heavy atom. The molecule has 0 aromatic heterocycles. The van der Waals surface area contributed by atoms with Gasteiger partial charge < -0.3 is 15.2 Å². The van der Waals surface area contributed by atoms with E-state index in [9.17, 15) is 9.59 Å². The third-order valence-corrected chi connectivity index (χ3v) is 2.76. The van der Waals surface area contributed by atoms with E-state index in [2.05, 4.69) is 5.32 Å². The summed E-state index contributed by atoms with van der Waals surface area (Å²) in [7, 11) is 0. The molecule has 22 heavy (non-hydrogen) atoms. The molecule has 5 nitrogen and oxygen atoms in total. The lowest BCUT2D eigenvalue weighted by Gasteiger charge is -2.19. The van der Waals surface area contributed by atoms with Crippen molar-refractivity contribution >= 4 is 29.7 Å². The monoisotopic (exact) mass is 325 g/mol. The maximum absolute atomic E-state index is 11.4. The molecule has 0 atom stereocenters. The highest BCUT2D eigenvalue weighted by Crippen LogP contribution is 2.17. The molecule has 1 aromatic carbocycles. The standard InChI is InChI=1S/C16H20ClNO4/c1-16(2,3)22-15(21)18-9-5-4-6-11-7-8-12(17)10-13(11)14(19)20/h4,6-8,10H,5,9H2,1-3H3,(H,18,21)(H,19,20). The van der Waals surface area contributed by atoms with Gasteiger partial charge in [0.05, 0.1) is 5.56 Å². The van der Waals surface area contributed by atoms with Crippen molar-refractivity contribution in [1.82, 2.24) is 5.32 Å². The molecule has 0 saturated heterocycles. The molecule has 0 unspecified atom stereocenters. The smallest absolute Gasteiger partial charge is 0.407 e. The van der Waals surface area contributed by atoms with Crippen LogP contribution >= 0.6 is 11.6 Å². The molecule has 2 N–H and O–H groups in total. The summed E-state index contributed by atoms with van der Waals surface area (Å²) in [4.78, 5) is 22.5. The van der Waals surface area contributed by atoms with Crippen LogP contribution in [-0.4, -0.2) is 29.3 Å². The normalized spacial score (nSPS) is 11.5. The topological polar surface area (TPSA) is 75.6 Å². The van der Waals surface area contributed by atoms with Crippen molar-refractivity contribution in [2.75, 3.05) is 6.54 Å². The zero-order valence-electron chi connectivity index (χ0n) is 12.9. The van der Waals surface area contributed by atoms with Crippen LogP contribution in [0.2, 0.25) is 5.02 Å². The van der Waals surface area contributed by atoms with Crippen LogP contribution in [0.25, 0.3) is 6.08 Å². The summed E-state index contributed by atoms with van der Waals surface area (Å²) < 4.78 is 5.10. The fourth-order valence-corrected chi connectivity index (χ4v) is 1.81. The number of halogens is 1. The first-order valence-corrected chi connectivity index (χ1v) is 7.23. The van der Waals surface area contributed by atoms with Gasteiger partial charge in [-0.3, -0.25) is 0 Å². The highest BCUT2D eigenvalue weighted by Gasteiger charge is 2.15. The molecule has 0 aliphatic heterocycles. The number of carboxylic acid groups (broad SMARTS) is 1. The van der Waals surface area contributed by atoms with Crippen LogP contribution in [0.5, 0.6) is 0 Å². The number of amides is 1. The molecule has 0 bridgehead atoms. The first-order valence-electron chi connectivity index (χ1n) is 6.85. The molecule has 0 heterocycles. The van der Waals surface area contributed by atoms with Crippen LogP contribution in [0.1, 0.15) is 43.1 Å². The van der Waals surface area contributed by atoms with Crippen LogP contribution < -0.4 is 5.32 Å². The number of nitrogens with one attached hydrogen (secondary N) is 1. The van der Waals surface area contributed by atoms with Gasteiger partial charge in [0.15, 0.2) is 0 Å². The molecular formula is C16H20ClNO4. The quantitative estimate of drug-likeness (QED) is 0.803. The van der Waals surface area contributed by atoms with Gasteiger partial charge in [-0.2, -0.15) is 0 Å².